The predicted molar refractivity (Wildman–Crippen MR) is 125 cm³/mol. The Morgan fingerprint density at radius 2 is 1.81 bits per heavy atom. The Hall–Kier alpha value is -2.07. The molecule has 1 aromatic heterocycles. The summed E-state index contributed by atoms with van der Waals surface area (Å²) in [5.41, 5.74) is 2.46. The van der Waals surface area contributed by atoms with Crippen molar-refractivity contribution in [3.63, 3.8) is 0 Å². The smallest absolute Gasteiger partial charge is 0.257 e. The third-order valence-electron chi connectivity index (χ3n) is 6.72. The zero-order chi connectivity index (χ0) is 22.1. The maximum atomic E-state index is 13.7. The molecule has 0 bridgehead atoms. The largest absolute Gasteiger partial charge is 0.497 e. The van der Waals surface area contributed by atoms with Crippen molar-refractivity contribution < 1.29 is 19.0 Å². The molecule has 0 saturated carbocycles. The molecular formula is C23H30N4O4S. The standard InChI is InChI=1S/C23H30N4O4S/c1-29-17-3-4-20-18(15-17)21(25-7-5-23(6-8-25)30-13-14-31-23)19(16-24-20)22(28)26-9-11-27(32-2)12-10-26/h3-4,15-16H,5-14H2,1-2H3. The number of aromatic nitrogens is 1. The molecule has 0 radical (unpaired) electrons. The third-order valence-corrected chi connectivity index (χ3v) is 7.60. The number of fused-ring (bicyclic) bond motifs is 1. The molecule has 172 valence electrons. The number of hydrogen-bond acceptors (Lipinski definition) is 8. The van der Waals surface area contributed by atoms with Gasteiger partial charge in [-0.25, -0.2) is 4.31 Å². The van der Waals surface area contributed by atoms with Gasteiger partial charge in [0.15, 0.2) is 5.79 Å². The summed E-state index contributed by atoms with van der Waals surface area (Å²) in [6.45, 7) is 6.02. The van der Waals surface area contributed by atoms with Crippen molar-refractivity contribution in [3.05, 3.63) is 30.0 Å². The van der Waals surface area contributed by atoms with Gasteiger partial charge in [-0.15, -0.1) is 0 Å². The van der Waals surface area contributed by atoms with Crippen molar-refractivity contribution in [2.75, 3.05) is 70.7 Å². The Bertz CT molecular complexity index is 979. The van der Waals surface area contributed by atoms with E-state index in [1.54, 1.807) is 25.3 Å². The normalized spacial score (nSPS) is 21.4. The van der Waals surface area contributed by atoms with Gasteiger partial charge in [-0.05, 0) is 24.5 Å². The van der Waals surface area contributed by atoms with Crippen LogP contribution in [0.2, 0.25) is 0 Å². The number of hydrogen-bond donors (Lipinski definition) is 0. The average Bonchev–Trinajstić information content (AvgIpc) is 3.31. The van der Waals surface area contributed by atoms with Crippen LogP contribution in [0.15, 0.2) is 24.4 Å². The fourth-order valence-corrected chi connectivity index (χ4v) is 5.41. The van der Waals surface area contributed by atoms with Crippen LogP contribution in [0, 0.1) is 0 Å². The van der Waals surface area contributed by atoms with Gasteiger partial charge in [0.1, 0.15) is 5.75 Å². The maximum Gasteiger partial charge on any atom is 0.257 e. The lowest BCUT2D eigenvalue weighted by Crippen LogP contribution is -2.48. The molecule has 32 heavy (non-hydrogen) atoms. The summed E-state index contributed by atoms with van der Waals surface area (Å²) >= 11 is 1.73. The summed E-state index contributed by atoms with van der Waals surface area (Å²) < 4.78 is 19.6. The number of amides is 1. The van der Waals surface area contributed by atoms with E-state index >= 15 is 0 Å². The molecule has 1 amide bonds. The molecule has 0 N–H and O–H groups in total. The average molecular weight is 459 g/mol. The maximum absolute atomic E-state index is 13.7. The quantitative estimate of drug-likeness (QED) is 0.648. The van der Waals surface area contributed by atoms with Crippen LogP contribution in [0.5, 0.6) is 5.75 Å². The predicted octanol–water partition coefficient (Wildman–Crippen LogP) is 2.62. The molecular weight excluding hydrogens is 428 g/mol. The lowest BCUT2D eigenvalue weighted by Gasteiger charge is -2.40. The van der Waals surface area contributed by atoms with Crippen LogP contribution in [-0.4, -0.2) is 91.7 Å². The molecule has 3 aliphatic heterocycles. The summed E-state index contributed by atoms with van der Waals surface area (Å²) in [4.78, 5) is 22.5. The molecule has 5 rings (SSSR count). The molecule has 0 aliphatic carbocycles. The number of methoxy groups -OCH3 is 1. The summed E-state index contributed by atoms with van der Waals surface area (Å²) in [5.74, 6) is 0.344. The topological polar surface area (TPSA) is 67.4 Å². The molecule has 8 nitrogen and oxygen atoms in total. The van der Waals surface area contributed by atoms with E-state index in [9.17, 15) is 4.79 Å². The Kier molecular flexibility index (Phi) is 6.16. The first-order chi connectivity index (χ1) is 15.6. The number of carbonyl (C=O) groups is 1. The van der Waals surface area contributed by atoms with E-state index in [2.05, 4.69) is 20.4 Å². The van der Waals surface area contributed by atoms with Crippen LogP contribution in [0.1, 0.15) is 23.2 Å². The van der Waals surface area contributed by atoms with Crippen molar-refractivity contribution >= 4 is 34.4 Å². The highest BCUT2D eigenvalue weighted by Crippen LogP contribution is 2.38. The van der Waals surface area contributed by atoms with Crippen molar-refractivity contribution in [1.29, 1.82) is 0 Å². The molecule has 3 saturated heterocycles. The first kappa shape index (κ1) is 21.8. The SMILES string of the molecule is COc1ccc2ncc(C(=O)N3CCN(SC)CC3)c(N3CCC4(CC3)OCCO4)c2c1. The fraction of sp³-hybridized carbons (Fsp3) is 0.565. The molecule has 1 spiro atoms. The van der Waals surface area contributed by atoms with E-state index in [0.29, 0.717) is 18.8 Å². The van der Waals surface area contributed by atoms with Crippen LogP contribution >= 0.6 is 11.9 Å². The second kappa shape index (κ2) is 9.05. The fourth-order valence-electron chi connectivity index (χ4n) is 4.88. The van der Waals surface area contributed by atoms with Crippen molar-refractivity contribution in [1.82, 2.24) is 14.2 Å². The molecule has 9 heteroatoms. The number of pyridine rings is 1. The first-order valence-electron chi connectivity index (χ1n) is 11.2. The molecule has 0 unspecified atom stereocenters. The van der Waals surface area contributed by atoms with E-state index in [1.165, 1.54) is 0 Å². The molecule has 0 atom stereocenters. The van der Waals surface area contributed by atoms with Gasteiger partial charge in [0.25, 0.3) is 5.91 Å². The van der Waals surface area contributed by atoms with Crippen LogP contribution in [0.25, 0.3) is 10.9 Å². The van der Waals surface area contributed by atoms with Crippen molar-refractivity contribution in [3.8, 4) is 5.75 Å². The van der Waals surface area contributed by atoms with E-state index in [1.807, 2.05) is 23.1 Å². The lowest BCUT2D eigenvalue weighted by atomic mass is 9.99. The summed E-state index contributed by atoms with van der Waals surface area (Å²) in [6.07, 6.45) is 5.39. The van der Waals surface area contributed by atoms with Crippen LogP contribution in [0.3, 0.4) is 0 Å². The first-order valence-corrected chi connectivity index (χ1v) is 12.4. The lowest BCUT2D eigenvalue weighted by molar-refractivity contribution is -0.169. The van der Waals surface area contributed by atoms with Crippen LogP contribution in [-0.2, 0) is 9.47 Å². The number of rotatable bonds is 4. The van der Waals surface area contributed by atoms with Crippen LogP contribution < -0.4 is 9.64 Å². The number of piperazine rings is 1. The number of carbonyl (C=O) groups excluding carboxylic acids is 1. The van der Waals surface area contributed by atoms with Gasteiger partial charge in [-0.3, -0.25) is 9.78 Å². The molecule has 2 aromatic rings. The van der Waals surface area contributed by atoms with E-state index < -0.39 is 5.79 Å². The molecule has 1 aromatic carbocycles. The highest BCUT2D eigenvalue weighted by molar-refractivity contribution is 7.96. The molecule has 4 heterocycles. The van der Waals surface area contributed by atoms with Gasteiger partial charge in [0.05, 0.1) is 37.1 Å². The van der Waals surface area contributed by atoms with Gasteiger partial charge >= 0.3 is 0 Å². The van der Waals surface area contributed by atoms with Gasteiger partial charge in [0.2, 0.25) is 0 Å². The van der Waals surface area contributed by atoms with E-state index in [4.69, 9.17) is 14.2 Å². The summed E-state index contributed by atoms with van der Waals surface area (Å²) in [5, 5.41) is 0.946. The van der Waals surface area contributed by atoms with E-state index in [0.717, 1.165) is 74.5 Å². The van der Waals surface area contributed by atoms with Gasteiger partial charge in [-0.1, -0.05) is 11.9 Å². The zero-order valence-electron chi connectivity index (χ0n) is 18.7. The Morgan fingerprint density at radius 1 is 1.09 bits per heavy atom. The Morgan fingerprint density at radius 3 is 2.47 bits per heavy atom. The van der Waals surface area contributed by atoms with Gasteiger partial charge < -0.3 is 24.0 Å². The second-order valence-electron chi connectivity index (χ2n) is 8.40. The number of nitrogens with zero attached hydrogens (tertiary/aromatic N) is 4. The molecule has 3 aliphatic rings. The van der Waals surface area contributed by atoms with Crippen LogP contribution in [0.4, 0.5) is 5.69 Å². The number of benzene rings is 1. The minimum Gasteiger partial charge on any atom is -0.497 e. The Labute approximate surface area is 192 Å². The number of anilines is 1. The third kappa shape index (κ3) is 4.03. The second-order valence-corrected chi connectivity index (χ2v) is 9.28. The monoisotopic (exact) mass is 458 g/mol. The van der Waals surface area contributed by atoms with Crippen molar-refractivity contribution in [2.24, 2.45) is 0 Å². The van der Waals surface area contributed by atoms with Gasteiger partial charge in [-0.2, -0.15) is 0 Å². The number of ether oxygens (including phenoxy) is 3. The Balaban J connectivity index is 1.50. The van der Waals surface area contributed by atoms with Gasteiger partial charge in [0, 0.05) is 63.7 Å². The van der Waals surface area contributed by atoms with E-state index in [-0.39, 0.29) is 5.91 Å². The van der Waals surface area contributed by atoms with Crippen molar-refractivity contribution in [2.45, 2.75) is 18.6 Å². The molecule has 3 fully saturated rings. The number of piperidine rings is 1. The summed E-state index contributed by atoms with van der Waals surface area (Å²) in [6, 6.07) is 5.86. The highest BCUT2D eigenvalue weighted by Gasteiger charge is 2.41. The zero-order valence-corrected chi connectivity index (χ0v) is 19.5. The minimum absolute atomic E-state index is 0.0478. The summed E-state index contributed by atoms with van der Waals surface area (Å²) in [7, 11) is 1.66. The highest BCUT2D eigenvalue weighted by atomic mass is 32.2. The minimum atomic E-state index is -0.463.